The van der Waals surface area contributed by atoms with E-state index in [1.165, 1.54) is 24.7 Å². The Morgan fingerprint density at radius 1 is 0.897 bits per heavy atom. The molecule has 4 atom stereocenters. The van der Waals surface area contributed by atoms with E-state index in [1.54, 1.807) is 26.0 Å². The van der Waals surface area contributed by atoms with E-state index in [0.29, 0.717) is 11.3 Å². The number of benzene rings is 1. The Bertz CT molecular complexity index is 1140. The van der Waals surface area contributed by atoms with Crippen LogP contribution in [0, 0.1) is 5.92 Å². The summed E-state index contributed by atoms with van der Waals surface area (Å²) in [5, 5.41) is 35.4. The first kappa shape index (κ1) is 30.8. The average molecular weight is 547 g/mol. The molecule has 0 spiro atoms. The quantitative estimate of drug-likeness (QED) is 0.140. The van der Waals surface area contributed by atoms with Gasteiger partial charge in [0.25, 0.3) is 0 Å². The second kappa shape index (κ2) is 14.5. The minimum absolute atomic E-state index is 0.0333. The fraction of sp³-hybridized carbons (Fsp3) is 0.440. The second-order valence-electron chi connectivity index (χ2n) is 9.51. The zero-order valence-corrected chi connectivity index (χ0v) is 21.6. The molecular weight excluding hydrogens is 512 g/mol. The number of nitrogens with one attached hydrogen (secondary N) is 4. The van der Waals surface area contributed by atoms with E-state index in [1.807, 2.05) is 0 Å². The van der Waals surface area contributed by atoms with Crippen LogP contribution in [0.1, 0.15) is 37.9 Å². The molecule has 9 N–H and O–H groups in total. The van der Waals surface area contributed by atoms with E-state index in [2.05, 4.69) is 25.9 Å². The number of phenols is 1. The highest BCUT2D eigenvalue weighted by atomic mass is 16.4. The maximum Gasteiger partial charge on any atom is 0.326 e. The number of rotatable bonds is 15. The first-order chi connectivity index (χ1) is 18.3. The Hall–Kier alpha value is -4.46. The Balaban J connectivity index is 2.11. The van der Waals surface area contributed by atoms with Crippen molar-refractivity contribution in [2.45, 2.75) is 63.7 Å². The summed E-state index contributed by atoms with van der Waals surface area (Å²) < 4.78 is 0. The Morgan fingerprint density at radius 3 is 2.03 bits per heavy atom. The molecular formula is C25H34N6O8. The van der Waals surface area contributed by atoms with Gasteiger partial charge in [0, 0.05) is 18.3 Å². The molecule has 1 heterocycles. The van der Waals surface area contributed by atoms with Gasteiger partial charge in [0.05, 0.1) is 18.8 Å². The maximum absolute atomic E-state index is 13.0. The lowest BCUT2D eigenvalue weighted by Crippen LogP contribution is -2.58. The molecule has 0 radical (unpaired) electrons. The van der Waals surface area contributed by atoms with Crippen LogP contribution in [-0.4, -0.2) is 79.1 Å². The number of carboxylic acids is 2. The lowest BCUT2D eigenvalue weighted by molar-refractivity contribution is -0.143. The van der Waals surface area contributed by atoms with Gasteiger partial charge in [-0.2, -0.15) is 0 Å². The SMILES string of the molecule is CC(C)CC(NC(=O)C(CC(=O)O)NC(=O)C(N)Cc1ccc(O)cc1)C(=O)NC(Cc1cnc[nH]1)C(=O)O. The molecule has 3 amide bonds. The number of nitrogens with two attached hydrogens (primary N) is 1. The van der Waals surface area contributed by atoms with Crippen molar-refractivity contribution < 1.29 is 39.3 Å². The normalized spacial score (nSPS) is 14.1. The maximum atomic E-state index is 13.0. The Morgan fingerprint density at radius 2 is 1.49 bits per heavy atom. The van der Waals surface area contributed by atoms with E-state index < -0.39 is 60.2 Å². The van der Waals surface area contributed by atoms with Crippen LogP contribution < -0.4 is 21.7 Å². The minimum Gasteiger partial charge on any atom is -0.508 e. The van der Waals surface area contributed by atoms with Crippen molar-refractivity contribution in [2.75, 3.05) is 0 Å². The number of carboxylic acid groups (broad SMARTS) is 2. The van der Waals surface area contributed by atoms with E-state index >= 15 is 0 Å². The summed E-state index contributed by atoms with van der Waals surface area (Å²) in [6.45, 7) is 3.56. The number of aromatic amines is 1. The number of nitrogens with zero attached hydrogens (tertiary/aromatic N) is 1. The highest BCUT2D eigenvalue weighted by Crippen LogP contribution is 2.12. The van der Waals surface area contributed by atoms with Gasteiger partial charge in [-0.3, -0.25) is 19.2 Å². The molecule has 0 saturated carbocycles. The van der Waals surface area contributed by atoms with Crippen molar-refractivity contribution >= 4 is 29.7 Å². The third kappa shape index (κ3) is 10.4. The summed E-state index contributed by atoms with van der Waals surface area (Å²) in [6, 6.07) is 0.758. The zero-order chi connectivity index (χ0) is 29.1. The summed E-state index contributed by atoms with van der Waals surface area (Å²) in [5.41, 5.74) is 7.04. The molecule has 1 aromatic heterocycles. The van der Waals surface area contributed by atoms with Gasteiger partial charge in [0.2, 0.25) is 17.7 Å². The molecule has 2 aromatic rings. The van der Waals surface area contributed by atoms with E-state index in [-0.39, 0.29) is 30.9 Å². The number of carbonyl (C=O) groups excluding carboxylic acids is 3. The van der Waals surface area contributed by atoms with E-state index in [9.17, 15) is 39.3 Å². The number of imidazole rings is 1. The highest BCUT2D eigenvalue weighted by molar-refractivity contribution is 5.95. The van der Waals surface area contributed by atoms with Crippen LogP contribution in [0.4, 0.5) is 0 Å². The first-order valence-electron chi connectivity index (χ1n) is 12.2. The second-order valence-corrected chi connectivity index (χ2v) is 9.51. The molecule has 0 aliphatic heterocycles. The van der Waals surface area contributed by atoms with Crippen molar-refractivity contribution in [3.05, 3.63) is 48.0 Å². The van der Waals surface area contributed by atoms with Crippen molar-refractivity contribution in [1.82, 2.24) is 25.9 Å². The van der Waals surface area contributed by atoms with Gasteiger partial charge in [-0.1, -0.05) is 26.0 Å². The monoisotopic (exact) mass is 546 g/mol. The molecule has 2 rings (SSSR count). The molecule has 39 heavy (non-hydrogen) atoms. The van der Waals surface area contributed by atoms with Gasteiger partial charge < -0.3 is 42.0 Å². The molecule has 0 bridgehead atoms. The number of hydrogen-bond acceptors (Lipinski definition) is 8. The summed E-state index contributed by atoms with van der Waals surface area (Å²) in [4.78, 5) is 68.4. The number of amides is 3. The van der Waals surface area contributed by atoms with Gasteiger partial charge in [-0.05, 0) is 36.5 Å². The summed E-state index contributed by atoms with van der Waals surface area (Å²) in [6.07, 6.45) is 2.09. The van der Waals surface area contributed by atoms with Gasteiger partial charge in [0.15, 0.2) is 0 Å². The third-order valence-electron chi connectivity index (χ3n) is 5.67. The van der Waals surface area contributed by atoms with Gasteiger partial charge >= 0.3 is 11.9 Å². The van der Waals surface area contributed by atoms with Gasteiger partial charge in [-0.25, -0.2) is 9.78 Å². The number of H-pyrrole nitrogens is 1. The number of aromatic hydroxyl groups is 1. The predicted molar refractivity (Wildman–Crippen MR) is 137 cm³/mol. The number of aliphatic carboxylic acids is 2. The highest BCUT2D eigenvalue weighted by Gasteiger charge is 2.32. The molecule has 14 nitrogen and oxygen atoms in total. The lowest BCUT2D eigenvalue weighted by atomic mass is 10.0. The number of carbonyl (C=O) groups is 5. The molecule has 14 heteroatoms. The number of hydrogen-bond donors (Lipinski definition) is 8. The minimum atomic E-state index is -1.55. The van der Waals surface area contributed by atoms with Crippen LogP contribution in [0.3, 0.4) is 0 Å². The van der Waals surface area contributed by atoms with Crippen LogP contribution in [0.5, 0.6) is 5.75 Å². The Labute approximate surface area is 224 Å². The molecule has 0 aliphatic carbocycles. The third-order valence-corrected chi connectivity index (χ3v) is 5.67. The summed E-state index contributed by atoms with van der Waals surface area (Å²) in [5.74, 6) is -5.27. The molecule has 212 valence electrons. The molecule has 0 fully saturated rings. The van der Waals surface area contributed by atoms with Crippen LogP contribution in [0.15, 0.2) is 36.8 Å². The van der Waals surface area contributed by atoms with Crippen molar-refractivity contribution in [3.63, 3.8) is 0 Å². The van der Waals surface area contributed by atoms with Crippen molar-refractivity contribution in [2.24, 2.45) is 11.7 Å². The van der Waals surface area contributed by atoms with Gasteiger partial charge in [-0.15, -0.1) is 0 Å². The topological polar surface area (TPSA) is 237 Å². The lowest BCUT2D eigenvalue weighted by Gasteiger charge is -2.25. The Kier molecular flexibility index (Phi) is 11.4. The smallest absolute Gasteiger partial charge is 0.326 e. The average Bonchev–Trinajstić information content (AvgIpc) is 3.36. The fourth-order valence-electron chi connectivity index (χ4n) is 3.71. The summed E-state index contributed by atoms with van der Waals surface area (Å²) >= 11 is 0. The molecule has 4 unspecified atom stereocenters. The van der Waals surface area contributed by atoms with Crippen LogP contribution in [0.25, 0.3) is 0 Å². The van der Waals surface area contributed by atoms with Crippen LogP contribution in [-0.2, 0) is 36.8 Å². The van der Waals surface area contributed by atoms with Crippen molar-refractivity contribution in [1.29, 1.82) is 0 Å². The van der Waals surface area contributed by atoms with E-state index in [0.717, 1.165) is 0 Å². The van der Waals surface area contributed by atoms with Crippen LogP contribution in [0.2, 0.25) is 0 Å². The largest absolute Gasteiger partial charge is 0.508 e. The zero-order valence-electron chi connectivity index (χ0n) is 21.6. The molecule has 0 saturated heterocycles. The van der Waals surface area contributed by atoms with Crippen LogP contribution >= 0.6 is 0 Å². The van der Waals surface area contributed by atoms with Crippen molar-refractivity contribution in [3.8, 4) is 5.75 Å². The predicted octanol–water partition coefficient (Wildman–Crippen LogP) is -0.712. The number of phenolic OH excluding ortho intramolecular Hbond substituents is 1. The first-order valence-corrected chi connectivity index (χ1v) is 12.2. The standard InChI is InChI=1S/C25H34N6O8/c1-13(2)7-18(23(36)31-20(25(38)39)9-15-11-27-12-28-15)30-24(37)19(10-21(33)34)29-22(35)17(26)8-14-3-5-16(32)6-4-14/h3-6,11-13,17-20,32H,7-10,26H2,1-2H3,(H,27,28)(H,29,35)(H,30,37)(H,31,36)(H,33,34)(H,38,39). The molecule has 1 aromatic carbocycles. The van der Waals surface area contributed by atoms with Gasteiger partial charge in [0.1, 0.15) is 23.9 Å². The summed E-state index contributed by atoms with van der Waals surface area (Å²) in [7, 11) is 0. The number of aromatic nitrogens is 2. The molecule has 0 aliphatic rings. The fourth-order valence-corrected chi connectivity index (χ4v) is 3.71. The van der Waals surface area contributed by atoms with E-state index in [4.69, 9.17) is 5.73 Å².